The fraction of sp³-hybridized carbons (Fsp3) is 0.375. The topological polar surface area (TPSA) is 76.1 Å². The maximum atomic E-state index is 12.2. The Kier molecular flexibility index (Phi) is 4.50. The lowest BCUT2D eigenvalue weighted by Gasteiger charge is -2.15. The first-order valence-corrected chi connectivity index (χ1v) is 9.97. The molecule has 0 saturated heterocycles. The number of benzene rings is 1. The van der Waals surface area contributed by atoms with E-state index in [4.69, 9.17) is 0 Å². The van der Waals surface area contributed by atoms with Crippen LogP contribution in [0.1, 0.15) is 23.9 Å². The van der Waals surface area contributed by atoms with Gasteiger partial charge in [0, 0.05) is 4.88 Å². The Balaban J connectivity index is 1.68. The number of thiazole rings is 1. The Labute approximate surface area is 139 Å². The van der Waals surface area contributed by atoms with Gasteiger partial charge < -0.3 is 5.32 Å². The summed E-state index contributed by atoms with van der Waals surface area (Å²) in [6.07, 6.45) is 3.00. The van der Waals surface area contributed by atoms with Gasteiger partial charge in [-0.25, -0.2) is 13.4 Å². The lowest BCUT2D eigenvalue weighted by molar-refractivity contribution is -0.113. The number of amides is 1. The largest absolute Gasteiger partial charge is 0.301 e. The second kappa shape index (κ2) is 6.41. The van der Waals surface area contributed by atoms with Gasteiger partial charge in [-0.2, -0.15) is 0 Å². The number of carbonyl (C=O) groups excluding carboxylic acids is 1. The number of nitrogens with zero attached hydrogens (tertiary/aromatic N) is 1. The van der Waals surface area contributed by atoms with Crippen LogP contribution < -0.4 is 5.32 Å². The molecule has 1 aromatic heterocycles. The van der Waals surface area contributed by atoms with Gasteiger partial charge in [-0.1, -0.05) is 25.1 Å². The number of nitrogens with one attached hydrogen (secondary N) is 1. The summed E-state index contributed by atoms with van der Waals surface area (Å²) < 4.78 is 24.4. The third-order valence-corrected chi connectivity index (χ3v) is 6.52. The molecule has 1 aliphatic carbocycles. The highest BCUT2D eigenvalue weighted by Gasteiger charge is 2.23. The molecule has 0 radical (unpaired) electrons. The lowest BCUT2D eigenvalue weighted by Crippen LogP contribution is -2.22. The fourth-order valence-corrected chi connectivity index (χ4v) is 4.98. The molecule has 1 aromatic carbocycles. The third-order valence-electron chi connectivity index (χ3n) is 3.86. The summed E-state index contributed by atoms with van der Waals surface area (Å²) in [7, 11) is -3.63. The van der Waals surface area contributed by atoms with Crippen LogP contribution in [0, 0.1) is 5.92 Å². The van der Waals surface area contributed by atoms with Crippen LogP contribution in [0.2, 0.25) is 0 Å². The molecular formula is C16H18N2O3S2. The Morgan fingerprint density at radius 2 is 2.09 bits per heavy atom. The number of hydrogen-bond donors (Lipinski definition) is 1. The number of aryl methyl sites for hydroxylation is 1. The summed E-state index contributed by atoms with van der Waals surface area (Å²) in [6.45, 7) is 2.20. The van der Waals surface area contributed by atoms with Crippen molar-refractivity contribution in [2.24, 2.45) is 5.92 Å². The van der Waals surface area contributed by atoms with Crippen LogP contribution in [0.3, 0.4) is 0 Å². The zero-order chi connectivity index (χ0) is 16.4. The van der Waals surface area contributed by atoms with E-state index in [0.717, 1.165) is 25.0 Å². The summed E-state index contributed by atoms with van der Waals surface area (Å²) in [4.78, 5) is 17.8. The van der Waals surface area contributed by atoms with Crippen LogP contribution in [0.15, 0.2) is 35.2 Å². The van der Waals surface area contributed by atoms with Crippen LogP contribution in [0.4, 0.5) is 5.13 Å². The van der Waals surface area contributed by atoms with Gasteiger partial charge in [0.1, 0.15) is 5.75 Å². The molecule has 2 aromatic rings. The minimum atomic E-state index is -3.63. The van der Waals surface area contributed by atoms with E-state index in [1.807, 2.05) is 0 Å². The van der Waals surface area contributed by atoms with Crippen LogP contribution in [-0.4, -0.2) is 25.1 Å². The molecule has 5 nitrogen and oxygen atoms in total. The summed E-state index contributed by atoms with van der Waals surface area (Å²) in [5.41, 5.74) is 1.04. The second-order valence-electron chi connectivity index (χ2n) is 5.86. The quantitative estimate of drug-likeness (QED) is 0.920. The summed E-state index contributed by atoms with van der Waals surface area (Å²) in [6, 6.07) is 8.00. The molecule has 23 heavy (non-hydrogen) atoms. The van der Waals surface area contributed by atoms with Crippen molar-refractivity contribution in [3.05, 3.63) is 40.9 Å². The van der Waals surface area contributed by atoms with Crippen LogP contribution in [0.25, 0.3) is 0 Å². The molecule has 0 spiro atoms. The van der Waals surface area contributed by atoms with Crippen molar-refractivity contribution in [3.63, 3.8) is 0 Å². The van der Waals surface area contributed by atoms with E-state index in [9.17, 15) is 13.2 Å². The van der Waals surface area contributed by atoms with Crippen molar-refractivity contribution in [3.8, 4) is 0 Å². The van der Waals surface area contributed by atoms with Gasteiger partial charge in [-0.15, -0.1) is 11.3 Å². The number of carbonyl (C=O) groups is 1. The predicted molar refractivity (Wildman–Crippen MR) is 90.4 cm³/mol. The van der Waals surface area contributed by atoms with Gasteiger partial charge in [-0.05, 0) is 37.3 Å². The summed E-state index contributed by atoms with van der Waals surface area (Å²) in [5.74, 6) is -0.490. The Morgan fingerprint density at radius 1 is 1.35 bits per heavy atom. The standard InChI is InChI=1S/C16H18N2O3S2/c1-11-7-8-13-14(9-11)22-16(17-13)18-15(19)10-23(20,21)12-5-3-2-4-6-12/h2-6,11H,7-10H2,1H3,(H,17,18,19)/t11-/m1/s1. The Morgan fingerprint density at radius 3 is 2.83 bits per heavy atom. The highest BCUT2D eigenvalue weighted by Crippen LogP contribution is 2.32. The molecular weight excluding hydrogens is 332 g/mol. The minimum Gasteiger partial charge on any atom is -0.301 e. The molecule has 0 aliphatic heterocycles. The monoisotopic (exact) mass is 350 g/mol. The van der Waals surface area contributed by atoms with Gasteiger partial charge in [0.05, 0.1) is 10.6 Å². The van der Waals surface area contributed by atoms with E-state index in [0.29, 0.717) is 11.0 Å². The molecule has 122 valence electrons. The molecule has 7 heteroatoms. The number of sulfone groups is 1. The number of rotatable bonds is 4. The van der Waals surface area contributed by atoms with E-state index in [-0.39, 0.29) is 4.90 Å². The Hall–Kier alpha value is -1.73. The molecule has 1 N–H and O–H groups in total. The van der Waals surface area contributed by atoms with E-state index >= 15 is 0 Å². The van der Waals surface area contributed by atoms with Gasteiger partial charge >= 0.3 is 0 Å². The van der Waals surface area contributed by atoms with Crippen molar-refractivity contribution in [2.45, 2.75) is 31.1 Å². The Bertz CT molecular complexity index is 813. The van der Waals surface area contributed by atoms with Crippen LogP contribution in [0.5, 0.6) is 0 Å². The molecule has 1 heterocycles. The minimum absolute atomic E-state index is 0.155. The van der Waals surface area contributed by atoms with Crippen molar-refractivity contribution in [2.75, 3.05) is 11.1 Å². The highest BCUT2D eigenvalue weighted by molar-refractivity contribution is 7.92. The molecule has 1 amide bonds. The first-order valence-electron chi connectivity index (χ1n) is 7.50. The third kappa shape index (κ3) is 3.79. The first-order chi connectivity index (χ1) is 10.9. The zero-order valence-corrected chi connectivity index (χ0v) is 14.4. The maximum absolute atomic E-state index is 12.2. The van der Waals surface area contributed by atoms with E-state index in [1.165, 1.54) is 28.3 Å². The highest BCUT2D eigenvalue weighted by atomic mass is 32.2. The summed E-state index contributed by atoms with van der Waals surface area (Å²) >= 11 is 1.45. The van der Waals surface area contributed by atoms with E-state index in [1.54, 1.807) is 18.2 Å². The lowest BCUT2D eigenvalue weighted by atomic mass is 9.93. The molecule has 0 unspecified atom stereocenters. The molecule has 3 rings (SSSR count). The van der Waals surface area contributed by atoms with Crippen LogP contribution in [-0.2, 0) is 27.5 Å². The smallest absolute Gasteiger partial charge is 0.241 e. The number of aromatic nitrogens is 1. The molecule has 0 fully saturated rings. The molecule has 1 atom stereocenters. The average Bonchev–Trinajstić information content (AvgIpc) is 2.88. The normalized spacial score (nSPS) is 17.5. The second-order valence-corrected chi connectivity index (χ2v) is 8.93. The van der Waals surface area contributed by atoms with Gasteiger partial charge in [0.15, 0.2) is 15.0 Å². The predicted octanol–water partition coefficient (Wildman–Crippen LogP) is 2.68. The van der Waals surface area contributed by atoms with Gasteiger partial charge in [0.2, 0.25) is 5.91 Å². The molecule has 0 saturated carbocycles. The first kappa shape index (κ1) is 16.1. The maximum Gasteiger partial charge on any atom is 0.241 e. The molecule has 0 bridgehead atoms. The van der Waals surface area contributed by atoms with Crippen LogP contribution >= 0.6 is 11.3 Å². The van der Waals surface area contributed by atoms with Crippen molar-refractivity contribution >= 4 is 32.2 Å². The summed E-state index contributed by atoms with van der Waals surface area (Å²) in [5, 5.41) is 3.13. The zero-order valence-electron chi connectivity index (χ0n) is 12.8. The van der Waals surface area contributed by atoms with Gasteiger partial charge in [-0.3, -0.25) is 4.79 Å². The number of hydrogen-bond acceptors (Lipinski definition) is 5. The fourth-order valence-electron chi connectivity index (χ4n) is 2.63. The molecule has 1 aliphatic rings. The van der Waals surface area contributed by atoms with Gasteiger partial charge in [0.25, 0.3) is 0 Å². The number of fused-ring (bicyclic) bond motifs is 1. The SMILES string of the molecule is C[C@@H]1CCc2nc(NC(=O)CS(=O)(=O)c3ccccc3)sc2C1. The average molecular weight is 350 g/mol. The van der Waals surface area contributed by atoms with Crippen molar-refractivity contribution < 1.29 is 13.2 Å². The number of anilines is 1. The van der Waals surface area contributed by atoms with Crippen molar-refractivity contribution in [1.82, 2.24) is 4.98 Å². The van der Waals surface area contributed by atoms with E-state index < -0.39 is 21.5 Å². The van der Waals surface area contributed by atoms with Crippen molar-refractivity contribution in [1.29, 1.82) is 0 Å². The van der Waals surface area contributed by atoms with E-state index in [2.05, 4.69) is 17.2 Å².